The first-order chi connectivity index (χ1) is 10.6. The number of amides is 1. The molecule has 1 aliphatic heterocycles. The molecule has 0 N–H and O–H groups in total. The highest BCUT2D eigenvalue weighted by Crippen LogP contribution is 2.35. The lowest BCUT2D eigenvalue weighted by molar-refractivity contribution is 0.0980. The summed E-state index contributed by atoms with van der Waals surface area (Å²) in [6, 6.07) is 7.28. The van der Waals surface area contributed by atoms with E-state index in [1.54, 1.807) is 17.0 Å². The Labute approximate surface area is 133 Å². The number of ether oxygens (including phenoxy) is 1. The lowest BCUT2D eigenvalue weighted by atomic mass is 10.1. The Morgan fingerprint density at radius 1 is 1.27 bits per heavy atom. The fraction of sp³-hybridized carbons (Fsp3) is 0.267. The number of methoxy groups -OCH3 is 1. The summed E-state index contributed by atoms with van der Waals surface area (Å²) in [7, 11) is 3.46. The van der Waals surface area contributed by atoms with E-state index in [0.717, 1.165) is 17.9 Å². The van der Waals surface area contributed by atoms with Crippen LogP contribution in [0.5, 0.6) is 6.01 Å². The molecule has 0 saturated carbocycles. The molecule has 0 saturated heterocycles. The van der Waals surface area contributed by atoms with Gasteiger partial charge in [0, 0.05) is 31.4 Å². The van der Waals surface area contributed by atoms with E-state index in [-0.39, 0.29) is 11.9 Å². The molecule has 2 aromatic rings. The second kappa shape index (κ2) is 5.81. The number of likely N-dealkylation sites (N-methyl/N-ethyl adjacent to an activating group) is 1. The van der Waals surface area contributed by atoms with Crippen molar-refractivity contribution in [1.82, 2.24) is 9.97 Å². The van der Waals surface area contributed by atoms with Gasteiger partial charge in [0.05, 0.1) is 18.5 Å². The van der Waals surface area contributed by atoms with Gasteiger partial charge in [0.15, 0.2) is 0 Å². The van der Waals surface area contributed by atoms with Crippen LogP contribution in [0.3, 0.4) is 0 Å². The smallest absolute Gasteiger partial charge is 0.316 e. The third kappa shape index (κ3) is 2.57. The maximum atomic E-state index is 12.8. The second-order valence-electron chi connectivity index (χ2n) is 4.94. The van der Waals surface area contributed by atoms with E-state index in [0.29, 0.717) is 17.3 Å². The zero-order valence-corrected chi connectivity index (χ0v) is 13.0. The van der Waals surface area contributed by atoms with Crippen molar-refractivity contribution in [2.75, 3.05) is 37.0 Å². The lowest BCUT2D eigenvalue weighted by Crippen LogP contribution is -2.43. The van der Waals surface area contributed by atoms with Crippen LogP contribution in [0.25, 0.3) is 0 Å². The summed E-state index contributed by atoms with van der Waals surface area (Å²) in [4.78, 5) is 24.6. The van der Waals surface area contributed by atoms with Gasteiger partial charge in [-0.25, -0.2) is 4.98 Å². The number of anilines is 2. The number of nitrogens with zero attached hydrogens (tertiary/aromatic N) is 4. The van der Waals surface area contributed by atoms with Crippen LogP contribution in [-0.2, 0) is 0 Å². The van der Waals surface area contributed by atoms with Crippen LogP contribution in [0.2, 0.25) is 5.02 Å². The minimum absolute atomic E-state index is 0.172. The Morgan fingerprint density at radius 3 is 2.86 bits per heavy atom. The molecule has 1 aromatic carbocycles. The van der Waals surface area contributed by atoms with Gasteiger partial charge in [0.25, 0.3) is 5.91 Å². The summed E-state index contributed by atoms with van der Waals surface area (Å²) >= 11 is 6.09. The number of hydrogen-bond donors (Lipinski definition) is 0. The topological polar surface area (TPSA) is 58.6 Å². The molecule has 7 heteroatoms. The van der Waals surface area contributed by atoms with Crippen LogP contribution < -0.4 is 14.5 Å². The number of benzene rings is 1. The highest BCUT2D eigenvalue weighted by molar-refractivity contribution is 6.31. The molecule has 0 spiro atoms. The Balaban J connectivity index is 2.00. The van der Waals surface area contributed by atoms with Gasteiger partial charge in [0.2, 0.25) is 0 Å². The number of carbonyl (C=O) groups excluding carboxylic acids is 1. The van der Waals surface area contributed by atoms with Crippen LogP contribution in [0.4, 0.5) is 11.4 Å². The highest BCUT2D eigenvalue weighted by atomic mass is 35.5. The maximum Gasteiger partial charge on any atom is 0.316 e. The number of aromatic nitrogens is 2. The predicted octanol–water partition coefficient (Wildman–Crippen LogP) is 2.24. The summed E-state index contributed by atoms with van der Waals surface area (Å²) in [6.07, 6.45) is 1.51. The van der Waals surface area contributed by atoms with E-state index in [1.165, 1.54) is 13.3 Å². The Hall–Kier alpha value is -2.34. The molecule has 1 aliphatic rings. The van der Waals surface area contributed by atoms with Crippen molar-refractivity contribution in [3.05, 3.63) is 41.2 Å². The molecule has 0 atom stereocenters. The second-order valence-corrected chi connectivity index (χ2v) is 5.38. The first kappa shape index (κ1) is 14.6. The van der Waals surface area contributed by atoms with Crippen LogP contribution in [0.15, 0.2) is 30.5 Å². The van der Waals surface area contributed by atoms with Crippen molar-refractivity contribution in [3.63, 3.8) is 0 Å². The van der Waals surface area contributed by atoms with E-state index in [1.807, 2.05) is 19.2 Å². The van der Waals surface area contributed by atoms with Crippen molar-refractivity contribution in [2.24, 2.45) is 0 Å². The molecular formula is C15H15ClN4O2. The maximum absolute atomic E-state index is 12.8. The van der Waals surface area contributed by atoms with Gasteiger partial charge in [-0.15, -0.1) is 0 Å². The zero-order valence-electron chi connectivity index (χ0n) is 12.3. The van der Waals surface area contributed by atoms with Gasteiger partial charge in [-0.2, -0.15) is 4.98 Å². The molecule has 6 nitrogen and oxygen atoms in total. The van der Waals surface area contributed by atoms with Gasteiger partial charge in [-0.1, -0.05) is 11.6 Å². The van der Waals surface area contributed by atoms with E-state index >= 15 is 0 Å². The molecule has 1 aromatic heterocycles. The van der Waals surface area contributed by atoms with E-state index < -0.39 is 0 Å². The fourth-order valence-electron chi connectivity index (χ4n) is 2.43. The summed E-state index contributed by atoms with van der Waals surface area (Å²) < 4.78 is 4.98. The number of halogens is 1. The number of hydrogen-bond acceptors (Lipinski definition) is 5. The fourth-order valence-corrected chi connectivity index (χ4v) is 2.60. The Morgan fingerprint density at radius 2 is 2.09 bits per heavy atom. The molecule has 0 bridgehead atoms. The standard InChI is InChI=1S/C15H15ClN4O2/c1-19-7-8-20(13-9-10(16)3-4-12(13)19)14(21)11-5-6-17-15(18-11)22-2/h3-6,9H,7-8H2,1-2H3. The lowest BCUT2D eigenvalue weighted by Gasteiger charge is -2.35. The first-order valence-electron chi connectivity index (χ1n) is 6.80. The normalized spacial score (nSPS) is 13.8. The van der Waals surface area contributed by atoms with Crippen molar-refractivity contribution in [3.8, 4) is 6.01 Å². The van der Waals surface area contributed by atoms with Gasteiger partial charge in [0.1, 0.15) is 5.69 Å². The van der Waals surface area contributed by atoms with Crippen molar-refractivity contribution in [1.29, 1.82) is 0 Å². The monoisotopic (exact) mass is 318 g/mol. The molecule has 114 valence electrons. The molecule has 0 radical (unpaired) electrons. The van der Waals surface area contributed by atoms with Gasteiger partial charge in [-0.3, -0.25) is 4.79 Å². The summed E-state index contributed by atoms with van der Waals surface area (Å²) in [6.45, 7) is 1.30. The quantitative estimate of drug-likeness (QED) is 0.850. The molecule has 0 aliphatic carbocycles. The third-order valence-electron chi connectivity index (χ3n) is 3.58. The average molecular weight is 319 g/mol. The Bertz CT molecular complexity index is 722. The van der Waals surface area contributed by atoms with Gasteiger partial charge < -0.3 is 14.5 Å². The Kier molecular flexibility index (Phi) is 3.85. The van der Waals surface area contributed by atoms with Gasteiger partial charge >= 0.3 is 6.01 Å². The van der Waals surface area contributed by atoms with Crippen molar-refractivity contribution in [2.45, 2.75) is 0 Å². The van der Waals surface area contributed by atoms with Crippen LogP contribution >= 0.6 is 11.6 Å². The third-order valence-corrected chi connectivity index (χ3v) is 3.81. The molecule has 0 fully saturated rings. The number of rotatable bonds is 2. The van der Waals surface area contributed by atoms with E-state index in [4.69, 9.17) is 16.3 Å². The predicted molar refractivity (Wildman–Crippen MR) is 85.0 cm³/mol. The minimum atomic E-state index is -0.197. The minimum Gasteiger partial charge on any atom is -0.467 e. The SMILES string of the molecule is COc1nccc(C(=O)N2CCN(C)c3ccc(Cl)cc32)n1. The largest absolute Gasteiger partial charge is 0.467 e. The average Bonchev–Trinajstić information content (AvgIpc) is 2.54. The van der Waals surface area contributed by atoms with E-state index in [2.05, 4.69) is 14.9 Å². The molecule has 22 heavy (non-hydrogen) atoms. The number of fused-ring (bicyclic) bond motifs is 1. The summed E-state index contributed by atoms with van der Waals surface area (Å²) in [5.74, 6) is -0.197. The first-order valence-corrected chi connectivity index (χ1v) is 7.17. The molecule has 2 heterocycles. The van der Waals surface area contributed by atoms with Crippen LogP contribution in [-0.4, -0.2) is 43.1 Å². The number of carbonyl (C=O) groups is 1. The zero-order chi connectivity index (χ0) is 15.7. The van der Waals surface area contributed by atoms with Crippen molar-refractivity contribution < 1.29 is 9.53 Å². The molecule has 0 unspecified atom stereocenters. The summed E-state index contributed by atoms with van der Waals surface area (Å²) in [5, 5.41) is 0.590. The molecule has 3 rings (SSSR count). The summed E-state index contributed by atoms with van der Waals surface area (Å²) in [5.41, 5.74) is 2.04. The molecular weight excluding hydrogens is 304 g/mol. The molecule has 1 amide bonds. The van der Waals surface area contributed by atoms with Crippen molar-refractivity contribution >= 4 is 28.9 Å². The highest BCUT2D eigenvalue weighted by Gasteiger charge is 2.27. The van der Waals surface area contributed by atoms with Gasteiger partial charge in [-0.05, 0) is 24.3 Å². The van der Waals surface area contributed by atoms with E-state index in [9.17, 15) is 4.79 Å². The van der Waals surface area contributed by atoms with Crippen LogP contribution in [0.1, 0.15) is 10.5 Å². The van der Waals surface area contributed by atoms with Crippen LogP contribution in [0, 0.1) is 0 Å².